The van der Waals surface area contributed by atoms with Gasteiger partial charge in [0.15, 0.2) is 17.4 Å². The number of alkyl halides is 3. The molecule has 3 aliphatic rings. The second-order valence-corrected chi connectivity index (χ2v) is 10.1. The van der Waals surface area contributed by atoms with Gasteiger partial charge in [-0.1, -0.05) is 12.1 Å². The van der Waals surface area contributed by atoms with E-state index in [4.69, 9.17) is 14.2 Å². The first-order chi connectivity index (χ1) is 19.1. The van der Waals surface area contributed by atoms with E-state index in [9.17, 15) is 18.0 Å². The number of halogens is 3. The van der Waals surface area contributed by atoms with Gasteiger partial charge in [-0.2, -0.15) is 18.2 Å². The molecule has 0 spiro atoms. The Labute approximate surface area is 227 Å². The number of ether oxygens (including phenoxy) is 3. The number of aromatic nitrogens is 4. The molecule has 14 heteroatoms. The van der Waals surface area contributed by atoms with Crippen molar-refractivity contribution in [1.29, 1.82) is 0 Å². The van der Waals surface area contributed by atoms with Gasteiger partial charge in [0.25, 0.3) is 0 Å². The van der Waals surface area contributed by atoms with E-state index in [0.717, 1.165) is 12.1 Å². The monoisotopic (exact) mass is 557 g/mol. The Balaban J connectivity index is 1.22. The molecule has 5 heterocycles. The highest BCUT2D eigenvalue weighted by molar-refractivity contribution is 6.03. The number of nitrogens with zero attached hydrogens (tertiary/aromatic N) is 6. The van der Waals surface area contributed by atoms with Crippen molar-refractivity contribution >= 4 is 23.5 Å². The van der Waals surface area contributed by atoms with Crippen molar-refractivity contribution in [3.8, 4) is 17.3 Å². The molecule has 2 bridgehead atoms. The van der Waals surface area contributed by atoms with Gasteiger partial charge in [0.1, 0.15) is 12.7 Å². The molecule has 1 N–H and O–H groups in total. The highest BCUT2D eigenvalue weighted by Crippen LogP contribution is 2.40. The van der Waals surface area contributed by atoms with Crippen LogP contribution in [0.2, 0.25) is 0 Å². The fourth-order valence-electron chi connectivity index (χ4n) is 5.01. The van der Waals surface area contributed by atoms with Gasteiger partial charge in [0.2, 0.25) is 11.8 Å². The van der Waals surface area contributed by atoms with Gasteiger partial charge in [-0.15, -0.1) is 0 Å². The van der Waals surface area contributed by atoms with E-state index >= 15 is 0 Å². The Hall–Kier alpha value is -4.04. The molecule has 3 aromatic rings. The maximum Gasteiger partial charge on any atom is 0.416 e. The predicted octanol–water partition coefficient (Wildman–Crippen LogP) is 4.11. The zero-order chi connectivity index (χ0) is 28.1. The number of anilines is 3. The lowest BCUT2D eigenvalue weighted by molar-refractivity contribution is -0.141. The molecular weight excluding hydrogens is 531 g/mol. The standard InChI is InChI=1S/C26H26F3N7O4/c1-25(2)39-14-18(40-25)13-38-20-6-8-30-23(32-20)34-24(37)36-17-7-9-35(12-17)19-11-31-21(33-22(19)36)15-4-3-5-16(10-15)26(27,28)29/h3-6,8,10-11,17-18H,7,9,12-14H2,1-2H3,(H,30,32,34,37)/t17-,18+/m0/s1. The predicted molar refractivity (Wildman–Crippen MR) is 137 cm³/mol. The third-order valence-electron chi connectivity index (χ3n) is 6.85. The molecule has 0 unspecified atom stereocenters. The van der Waals surface area contributed by atoms with E-state index in [-0.39, 0.29) is 42.0 Å². The third kappa shape index (κ3) is 5.23. The van der Waals surface area contributed by atoms with E-state index in [0.29, 0.717) is 37.6 Å². The molecule has 210 valence electrons. The Morgan fingerprint density at radius 2 is 2.08 bits per heavy atom. The van der Waals surface area contributed by atoms with Gasteiger partial charge in [-0.25, -0.2) is 19.7 Å². The van der Waals surface area contributed by atoms with Crippen LogP contribution in [0.3, 0.4) is 0 Å². The first kappa shape index (κ1) is 26.2. The maximum atomic E-state index is 13.5. The van der Waals surface area contributed by atoms with E-state index in [1.165, 1.54) is 23.2 Å². The topological polar surface area (TPSA) is 115 Å². The van der Waals surface area contributed by atoms with E-state index in [1.807, 2.05) is 13.8 Å². The van der Waals surface area contributed by atoms with E-state index < -0.39 is 23.6 Å². The van der Waals surface area contributed by atoms with Gasteiger partial charge in [-0.3, -0.25) is 10.2 Å². The summed E-state index contributed by atoms with van der Waals surface area (Å²) in [6, 6.07) is 5.64. The number of hydrogen-bond donors (Lipinski definition) is 1. The van der Waals surface area contributed by atoms with Crippen molar-refractivity contribution in [3.05, 3.63) is 48.3 Å². The molecule has 6 rings (SSSR count). The number of amides is 2. The molecule has 0 radical (unpaired) electrons. The quantitative estimate of drug-likeness (QED) is 0.495. The molecule has 1 aromatic carbocycles. The van der Waals surface area contributed by atoms with Crippen LogP contribution in [0.25, 0.3) is 11.4 Å². The summed E-state index contributed by atoms with van der Waals surface area (Å²) in [5.41, 5.74) is 0.0122. The minimum Gasteiger partial charge on any atom is -0.475 e. The van der Waals surface area contributed by atoms with Crippen LogP contribution in [-0.2, 0) is 15.7 Å². The van der Waals surface area contributed by atoms with Crippen LogP contribution in [0, 0.1) is 0 Å². The molecular formula is C26H26F3N7O4. The highest BCUT2D eigenvalue weighted by atomic mass is 19.4. The Morgan fingerprint density at radius 1 is 1.23 bits per heavy atom. The van der Waals surface area contributed by atoms with Crippen LogP contribution in [0.15, 0.2) is 42.7 Å². The van der Waals surface area contributed by atoms with Gasteiger partial charge in [-0.05, 0) is 32.4 Å². The number of carbonyl (C=O) groups excluding carboxylic acids is 1. The maximum absolute atomic E-state index is 13.5. The number of hydrogen-bond acceptors (Lipinski definition) is 9. The second-order valence-electron chi connectivity index (χ2n) is 10.1. The first-order valence-corrected chi connectivity index (χ1v) is 12.7. The number of urea groups is 1. The number of fused-ring (bicyclic) bond motifs is 4. The zero-order valence-corrected chi connectivity index (χ0v) is 21.7. The number of rotatable bonds is 5. The lowest BCUT2D eigenvalue weighted by atomic mass is 10.1. The van der Waals surface area contributed by atoms with Gasteiger partial charge < -0.3 is 19.1 Å². The van der Waals surface area contributed by atoms with Crippen molar-refractivity contribution in [2.24, 2.45) is 0 Å². The molecule has 2 fully saturated rings. The molecule has 2 aromatic heterocycles. The van der Waals surface area contributed by atoms with Crippen LogP contribution in [-0.4, -0.2) is 70.2 Å². The summed E-state index contributed by atoms with van der Waals surface area (Å²) in [4.78, 5) is 34.4. The van der Waals surface area contributed by atoms with Crippen molar-refractivity contribution in [2.75, 3.05) is 41.4 Å². The number of nitrogens with one attached hydrogen (secondary N) is 1. The fraction of sp³-hybridized carbons (Fsp3) is 0.423. The summed E-state index contributed by atoms with van der Waals surface area (Å²) >= 11 is 0. The van der Waals surface area contributed by atoms with Crippen LogP contribution in [0.5, 0.6) is 5.88 Å². The summed E-state index contributed by atoms with van der Waals surface area (Å²) in [7, 11) is 0. The van der Waals surface area contributed by atoms with Gasteiger partial charge in [0, 0.05) is 30.9 Å². The summed E-state index contributed by atoms with van der Waals surface area (Å²) < 4.78 is 56.9. The number of benzene rings is 1. The van der Waals surface area contributed by atoms with Crippen LogP contribution in [0.1, 0.15) is 25.8 Å². The van der Waals surface area contributed by atoms with Crippen LogP contribution >= 0.6 is 0 Å². The summed E-state index contributed by atoms with van der Waals surface area (Å²) in [5, 5.41) is 2.71. The van der Waals surface area contributed by atoms with Crippen molar-refractivity contribution < 1.29 is 32.2 Å². The average molecular weight is 558 g/mol. The second kappa shape index (κ2) is 9.86. The Kier molecular flexibility index (Phi) is 6.45. The van der Waals surface area contributed by atoms with E-state index in [1.54, 1.807) is 12.3 Å². The van der Waals surface area contributed by atoms with Gasteiger partial charge in [0.05, 0.1) is 30.1 Å². The summed E-state index contributed by atoms with van der Waals surface area (Å²) in [6.07, 6.45) is -1.08. The molecule has 2 atom stereocenters. The molecule has 0 saturated carbocycles. The lowest BCUT2D eigenvalue weighted by Gasteiger charge is -2.35. The minimum atomic E-state index is -4.51. The Morgan fingerprint density at radius 3 is 2.85 bits per heavy atom. The highest BCUT2D eigenvalue weighted by Gasteiger charge is 2.41. The molecule has 40 heavy (non-hydrogen) atoms. The summed E-state index contributed by atoms with van der Waals surface area (Å²) in [5.74, 6) is -0.0104. The van der Waals surface area contributed by atoms with Crippen LogP contribution < -0.4 is 19.9 Å². The molecule has 3 aliphatic heterocycles. The van der Waals surface area contributed by atoms with Gasteiger partial charge >= 0.3 is 12.2 Å². The Bertz CT molecular complexity index is 1440. The average Bonchev–Trinajstić information content (AvgIpc) is 3.50. The molecule has 0 aliphatic carbocycles. The van der Waals surface area contributed by atoms with E-state index in [2.05, 4.69) is 30.2 Å². The lowest BCUT2D eigenvalue weighted by Crippen LogP contribution is -2.48. The fourth-order valence-corrected chi connectivity index (χ4v) is 5.01. The largest absolute Gasteiger partial charge is 0.475 e. The van der Waals surface area contributed by atoms with Crippen molar-refractivity contribution in [2.45, 2.75) is 44.4 Å². The molecule has 11 nitrogen and oxygen atoms in total. The van der Waals surface area contributed by atoms with Crippen molar-refractivity contribution in [3.63, 3.8) is 0 Å². The summed E-state index contributed by atoms with van der Waals surface area (Å²) in [6.45, 7) is 5.51. The SMILES string of the molecule is CC1(C)OC[C@@H](COc2ccnc(NC(=O)N3c4nc(-c5cccc(C(F)(F)F)c5)ncc4N4CC[C@H]3C4)n2)O1. The van der Waals surface area contributed by atoms with Crippen molar-refractivity contribution in [1.82, 2.24) is 19.9 Å². The normalized spacial score (nSPS) is 21.3. The smallest absolute Gasteiger partial charge is 0.416 e. The molecule has 2 saturated heterocycles. The molecule has 2 amide bonds. The first-order valence-electron chi connectivity index (χ1n) is 12.7. The number of carbonyl (C=O) groups is 1. The zero-order valence-electron chi connectivity index (χ0n) is 21.7. The minimum absolute atomic E-state index is 0.0283. The third-order valence-corrected chi connectivity index (χ3v) is 6.85. The van der Waals surface area contributed by atoms with Crippen LogP contribution in [0.4, 0.5) is 35.4 Å².